The first kappa shape index (κ1) is 10.3. The van der Waals surface area contributed by atoms with Gasteiger partial charge in [0.15, 0.2) is 5.13 Å². The van der Waals surface area contributed by atoms with Gasteiger partial charge in [-0.15, -0.1) is 11.3 Å². The number of nitrogens with two attached hydrogens (primary N) is 1. The average molecular weight is 262 g/mol. The highest BCUT2D eigenvalue weighted by Crippen LogP contribution is 2.23. The predicted molar refractivity (Wildman–Crippen MR) is 59.4 cm³/mol. The second-order valence-electron chi connectivity index (χ2n) is 2.47. The Hall–Kier alpha value is -1.19. The summed E-state index contributed by atoms with van der Waals surface area (Å²) in [5, 5.41) is 2.28. The molecule has 0 unspecified atom stereocenters. The molecule has 15 heavy (non-hydrogen) atoms. The van der Waals surface area contributed by atoms with E-state index in [0.717, 1.165) is 22.7 Å². The van der Waals surface area contributed by atoms with Crippen molar-refractivity contribution in [3.05, 3.63) is 17.8 Å². The van der Waals surface area contributed by atoms with E-state index in [9.17, 15) is 8.42 Å². The Bertz CT molecular complexity index is 545. The van der Waals surface area contributed by atoms with Crippen molar-refractivity contribution >= 4 is 42.8 Å². The summed E-state index contributed by atoms with van der Waals surface area (Å²) in [5.74, 6) is 0. The summed E-state index contributed by atoms with van der Waals surface area (Å²) < 4.78 is 25.6. The molecule has 80 valence electrons. The molecule has 2 heterocycles. The minimum Gasteiger partial charge on any atom is -0.389 e. The highest BCUT2D eigenvalue weighted by Gasteiger charge is 2.18. The van der Waals surface area contributed by atoms with Crippen LogP contribution in [0.25, 0.3) is 0 Å². The molecule has 0 aliphatic carbocycles. The summed E-state index contributed by atoms with van der Waals surface area (Å²) in [6, 6.07) is 0. The zero-order chi connectivity index (χ0) is 10.9. The van der Waals surface area contributed by atoms with Crippen molar-refractivity contribution in [3.63, 3.8) is 0 Å². The number of aromatic nitrogens is 2. The van der Waals surface area contributed by atoms with Gasteiger partial charge in [0.05, 0.1) is 6.20 Å². The van der Waals surface area contributed by atoms with Gasteiger partial charge in [-0.1, -0.05) is 11.3 Å². The van der Waals surface area contributed by atoms with E-state index in [1.165, 1.54) is 12.4 Å². The standard InChI is InChI=1S/C6H6N4O2S3/c7-4-3-9-5(14-4)10-15(11,12)6-8-1-2-13-6/h1-3H,7H2,(H,9,10). The second kappa shape index (κ2) is 3.76. The fourth-order valence-corrected chi connectivity index (χ4v) is 3.49. The third-order valence-electron chi connectivity index (χ3n) is 1.38. The Morgan fingerprint density at radius 3 is 2.73 bits per heavy atom. The van der Waals surface area contributed by atoms with E-state index >= 15 is 0 Å². The number of sulfonamides is 1. The van der Waals surface area contributed by atoms with Gasteiger partial charge in [0, 0.05) is 11.6 Å². The molecule has 6 nitrogen and oxygen atoms in total. The lowest BCUT2D eigenvalue weighted by atomic mass is 10.9. The van der Waals surface area contributed by atoms with E-state index in [1.807, 2.05) is 0 Å². The Morgan fingerprint density at radius 1 is 1.40 bits per heavy atom. The van der Waals surface area contributed by atoms with Gasteiger partial charge in [0.2, 0.25) is 4.34 Å². The minimum atomic E-state index is -3.61. The van der Waals surface area contributed by atoms with Gasteiger partial charge in [-0.05, 0) is 0 Å². The quantitative estimate of drug-likeness (QED) is 0.859. The van der Waals surface area contributed by atoms with Crippen LogP contribution < -0.4 is 10.5 Å². The molecule has 0 fully saturated rings. The predicted octanol–water partition coefficient (Wildman–Crippen LogP) is 0.983. The molecular weight excluding hydrogens is 256 g/mol. The summed E-state index contributed by atoms with van der Waals surface area (Å²) in [7, 11) is -3.61. The number of thiazole rings is 2. The molecule has 0 aromatic carbocycles. The Balaban J connectivity index is 2.26. The third-order valence-corrected chi connectivity index (χ3v) is 4.79. The fraction of sp³-hybridized carbons (Fsp3) is 0. The molecule has 0 saturated heterocycles. The Morgan fingerprint density at radius 2 is 2.20 bits per heavy atom. The van der Waals surface area contributed by atoms with Gasteiger partial charge in [0.25, 0.3) is 10.0 Å². The number of nitrogens with zero attached hydrogens (tertiary/aromatic N) is 2. The number of anilines is 2. The zero-order valence-corrected chi connectivity index (χ0v) is 9.69. The first-order chi connectivity index (χ1) is 7.08. The van der Waals surface area contributed by atoms with Crippen LogP contribution in [-0.4, -0.2) is 18.4 Å². The third kappa shape index (κ3) is 2.25. The van der Waals surface area contributed by atoms with Crippen LogP contribution in [0, 0.1) is 0 Å². The summed E-state index contributed by atoms with van der Waals surface area (Å²) in [4.78, 5) is 7.50. The highest BCUT2D eigenvalue weighted by molar-refractivity contribution is 7.94. The molecule has 0 aliphatic rings. The number of nitrogens with one attached hydrogen (secondary N) is 1. The molecule has 3 N–H and O–H groups in total. The molecule has 2 rings (SSSR count). The topological polar surface area (TPSA) is 98.0 Å². The van der Waals surface area contributed by atoms with Crippen LogP contribution in [0.15, 0.2) is 22.1 Å². The zero-order valence-electron chi connectivity index (χ0n) is 7.25. The lowest BCUT2D eigenvalue weighted by Gasteiger charge is -1.99. The summed E-state index contributed by atoms with van der Waals surface area (Å²) >= 11 is 2.11. The second-order valence-corrected chi connectivity index (χ2v) is 6.28. The van der Waals surface area contributed by atoms with Crippen LogP contribution in [0.5, 0.6) is 0 Å². The molecule has 2 aromatic heterocycles. The van der Waals surface area contributed by atoms with Crippen molar-refractivity contribution < 1.29 is 8.42 Å². The monoisotopic (exact) mass is 262 g/mol. The largest absolute Gasteiger partial charge is 0.389 e. The molecule has 2 aromatic rings. The molecular formula is C6H6N4O2S3. The SMILES string of the molecule is Nc1cnc(NS(=O)(=O)c2nccs2)s1. The Labute approximate surface area is 93.9 Å². The van der Waals surface area contributed by atoms with E-state index in [4.69, 9.17) is 5.73 Å². The summed E-state index contributed by atoms with van der Waals surface area (Å²) in [5.41, 5.74) is 5.42. The van der Waals surface area contributed by atoms with E-state index in [0.29, 0.717) is 5.00 Å². The van der Waals surface area contributed by atoms with Gasteiger partial charge >= 0.3 is 0 Å². The first-order valence-electron chi connectivity index (χ1n) is 3.71. The van der Waals surface area contributed by atoms with Crippen molar-refractivity contribution in [2.75, 3.05) is 10.5 Å². The van der Waals surface area contributed by atoms with Gasteiger partial charge in [-0.2, -0.15) is 8.42 Å². The van der Waals surface area contributed by atoms with Crippen molar-refractivity contribution in [1.82, 2.24) is 9.97 Å². The maximum atomic E-state index is 11.6. The van der Waals surface area contributed by atoms with Gasteiger partial charge in [0.1, 0.15) is 5.00 Å². The van der Waals surface area contributed by atoms with Crippen LogP contribution in [0.3, 0.4) is 0 Å². The Kier molecular flexibility index (Phi) is 2.59. The van der Waals surface area contributed by atoms with Crippen LogP contribution in [0.4, 0.5) is 10.1 Å². The molecule has 0 saturated carbocycles. The minimum absolute atomic E-state index is 0.0104. The van der Waals surface area contributed by atoms with Gasteiger partial charge in [-0.25, -0.2) is 9.97 Å². The first-order valence-corrected chi connectivity index (χ1v) is 6.89. The molecule has 0 bridgehead atoms. The molecule has 0 atom stereocenters. The lowest BCUT2D eigenvalue weighted by molar-refractivity contribution is 0.600. The smallest absolute Gasteiger partial charge is 0.291 e. The lowest BCUT2D eigenvalue weighted by Crippen LogP contribution is -2.12. The molecule has 0 radical (unpaired) electrons. The summed E-state index contributed by atoms with van der Waals surface area (Å²) in [6.45, 7) is 0. The fourth-order valence-electron chi connectivity index (χ4n) is 0.835. The van der Waals surface area contributed by atoms with E-state index < -0.39 is 10.0 Å². The van der Waals surface area contributed by atoms with Crippen molar-refractivity contribution in [2.24, 2.45) is 0 Å². The van der Waals surface area contributed by atoms with Crippen LogP contribution in [0.1, 0.15) is 0 Å². The van der Waals surface area contributed by atoms with Gasteiger partial charge in [-0.3, -0.25) is 4.72 Å². The molecule has 9 heteroatoms. The number of hydrogen-bond acceptors (Lipinski definition) is 7. The van der Waals surface area contributed by atoms with E-state index in [1.54, 1.807) is 5.38 Å². The van der Waals surface area contributed by atoms with Crippen LogP contribution in [-0.2, 0) is 10.0 Å². The maximum Gasteiger partial charge on any atom is 0.291 e. The van der Waals surface area contributed by atoms with Crippen LogP contribution >= 0.6 is 22.7 Å². The highest BCUT2D eigenvalue weighted by atomic mass is 32.2. The van der Waals surface area contributed by atoms with Crippen LogP contribution in [0.2, 0.25) is 0 Å². The van der Waals surface area contributed by atoms with E-state index in [-0.39, 0.29) is 9.47 Å². The molecule has 0 aliphatic heterocycles. The van der Waals surface area contributed by atoms with Crippen molar-refractivity contribution in [2.45, 2.75) is 4.34 Å². The number of nitrogen functional groups attached to an aromatic ring is 1. The number of rotatable bonds is 3. The normalized spacial score (nSPS) is 11.5. The van der Waals surface area contributed by atoms with Gasteiger partial charge < -0.3 is 5.73 Å². The number of hydrogen-bond donors (Lipinski definition) is 2. The maximum absolute atomic E-state index is 11.6. The van der Waals surface area contributed by atoms with Crippen molar-refractivity contribution in [1.29, 1.82) is 0 Å². The average Bonchev–Trinajstić information content (AvgIpc) is 2.75. The molecule has 0 spiro atoms. The van der Waals surface area contributed by atoms with Crippen molar-refractivity contribution in [3.8, 4) is 0 Å². The van der Waals surface area contributed by atoms with E-state index in [2.05, 4.69) is 14.7 Å². The molecule has 0 amide bonds. The summed E-state index contributed by atoms with van der Waals surface area (Å²) in [6.07, 6.45) is 2.82.